The number of H-pyrrole nitrogens is 1. The first-order valence-electron chi connectivity index (χ1n) is 7.61. The molecular formula is C14H24ClN5O. The van der Waals surface area contributed by atoms with Gasteiger partial charge in [-0.15, -0.1) is 12.4 Å². The molecule has 6 nitrogen and oxygen atoms in total. The van der Waals surface area contributed by atoms with E-state index >= 15 is 0 Å². The summed E-state index contributed by atoms with van der Waals surface area (Å²) in [6.07, 6.45) is 7.78. The van der Waals surface area contributed by atoms with Crippen LogP contribution in [0.5, 0.6) is 0 Å². The van der Waals surface area contributed by atoms with Gasteiger partial charge in [0.1, 0.15) is 12.2 Å². The predicted molar refractivity (Wildman–Crippen MR) is 81.9 cm³/mol. The Morgan fingerprint density at radius 2 is 2.10 bits per heavy atom. The molecule has 3 rings (SSSR count). The van der Waals surface area contributed by atoms with Gasteiger partial charge in [-0.1, -0.05) is 6.42 Å². The fourth-order valence-corrected chi connectivity index (χ4v) is 3.80. The van der Waals surface area contributed by atoms with Crippen LogP contribution in [-0.2, 0) is 11.2 Å². The third-order valence-corrected chi connectivity index (χ3v) is 4.91. The number of aromatic amines is 1. The maximum Gasteiger partial charge on any atom is 0.223 e. The Balaban J connectivity index is 0.00000161. The number of fused-ring (bicyclic) bond motifs is 2. The number of halogens is 1. The van der Waals surface area contributed by atoms with Crippen LogP contribution < -0.4 is 11.1 Å². The molecule has 0 saturated heterocycles. The van der Waals surface area contributed by atoms with Gasteiger partial charge in [-0.2, -0.15) is 5.10 Å². The summed E-state index contributed by atoms with van der Waals surface area (Å²) in [4.78, 5) is 16.3. The quantitative estimate of drug-likeness (QED) is 0.773. The number of carbonyl (C=O) groups is 1. The molecular weight excluding hydrogens is 290 g/mol. The highest BCUT2D eigenvalue weighted by Crippen LogP contribution is 2.41. The first-order chi connectivity index (χ1) is 9.74. The van der Waals surface area contributed by atoms with Gasteiger partial charge in [0.05, 0.1) is 0 Å². The topological polar surface area (TPSA) is 96.7 Å². The van der Waals surface area contributed by atoms with Crippen LogP contribution in [0, 0.1) is 17.8 Å². The van der Waals surface area contributed by atoms with Crippen molar-refractivity contribution in [2.75, 3.05) is 6.54 Å². The van der Waals surface area contributed by atoms with E-state index in [1.54, 1.807) is 0 Å². The normalized spacial score (nSPS) is 31.3. The summed E-state index contributed by atoms with van der Waals surface area (Å²) < 4.78 is 0. The lowest BCUT2D eigenvalue weighted by Gasteiger charge is -2.43. The highest BCUT2D eigenvalue weighted by molar-refractivity contribution is 5.85. The van der Waals surface area contributed by atoms with Gasteiger partial charge in [0.2, 0.25) is 5.91 Å². The zero-order valence-electron chi connectivity index (χ0n) is 12.1. The summed E-state index contributed by atoms with van der Waals surface area (Å²) in [6, 6.07) is 0.321. The van der Waals surface area contributed by atoms with Gasteiger partial charge >= 0.3 is 0 Å². The molecule has 7 heteroatoms. The molecule has 2 bridgehead atoms. The summed E-state index contributed by atoms with van der Waals surface area (Å²) in [5, 5.41) is 9.62. The summed E-state index contributed by atoms with van der Waals surface area (Å²) in [5.41, 5.74) is 6.26. The van der Waals surface area contributed by atoms with Gasteiger partial charge in [-0.25, -0.2) is 4.98 Å². The van der Waals surface area contributed by atoms with E-state index in [4.69, 9.17) is 5.73 Å². The first kappa shape index (κ1) is 16.2. The molecule has 1 aromatic heterocycles. The smallest absolute Gasteiger partial charge is 0.223 e. The lowest BCUT2D eigenvalue weighted by Crippen LogP contribution is -2.49. The van der Waals surface area contributed by atoms with Gasteiger partial charge in [0.25, 0.3) is 0 Å². The van der Waals surface area contributed by atoms with Crippen molar-refractivity contribution in [3.8, 4) is 0 Å². The molecule has 2 aliphatic rings. The van der Waals surface area contributed by atoms with Crippen molar-refractivity contribution in [3.63, 3.8) is 0 Å². The molecule has 2 aliphatic carbocycles. The Labute approximate surface area is 131 Å². The number of nitrogens with two attached hydrogens (primary N) is 1. The molecule has 1 amide bonds. The van der Waals surface area contributed by atoms with Gasteiger partial charge in [-0.05, 0) is 37.5 Å². The van der Waals surface area contributed by atoms with Crippen molar-refractivity contribution in [2.24, 2.45) is 23.5 Å². The molecule has 1 heterocycles. The van der Waals surface area contributed by atoms with E-state index in [0.717, 1.165) is 18.7 Å². The minimum Gasteiger partial charge on any atom is -0.355 e. The Hall–Kier alpha value is -1.14. The number of hydrogen-bond acceptors (Lipinski definition) is 4. The lowest BCUT2D eigenvalue weighted by atomic mass is 9.65. The molecule has 0 aliphatic heterocycles. The first-order valence-corrected chi connectivity index (χ1v) is 7.61. The van der Waals surface area contributed by atoms with Crippen molar-refractivity contribution in [3.05, 3.63) is 12.2 Å². The zero-order chi connectivity index (χ0) is 13.9. The van der Waals surface area contributed by atoms with Crippen LogP contribution in [0.15, 0.2) is 6.33 Å². The van der Waals surface area contributed by atoms with Crippen LogP contribution in [0.25, 0.3) is 0 Å². The molecule has 118 valence electrons. The van der Waals surface area contributed by atoms with Crippen LogP contribution in [-0.4, -0.2) is 33.7 Å². The second kappa shape index (κ2) is 7.22. The number of carbonyl (C=O) groups excluding carboxylic acids is 1. The molecule has 0 spiro atoms. The van der Waals surface area contributed by atoms with E-state index in [1.165, 1.54) is 25.6 Å². The highest BCUT2D eigenvalue weighted by Gasteiger charge is 2.40. The average molecular weight is 314 g/mol. The van der Waals surface area contributed by atoms with Crippen molar-refractivity contribution >= 4 is 18.3 Å². The monoisotopic (exact) mass is 313 g/mol. The number of amides is 1. The Morgan fingerprint density at radius 3 is 2.71 bits per heavy atom. The third-order valence-electron chi connectivity index (χ3n) is 4.91. The predicted octanol–water partition coefficient (Wildman–Crippen LogP) is 1.04. The molecule has 2 fully saturated rings. The number of nitrogens with one attached hydrogen (secondary N) is 2. The Bertz CT molecular complexity index is 438. The SMILES string of the molecule is Cl.NC1C2CCCC1CC(C(=O)NCCc1ncn[nH]1)C2. The molecule has 4 N–H and O–H groups in total. The minimum absolute atomic E-state index is 0. The lowest BCUT2D eigenvalue weighted by molar-refractivity contribution is -0.127. The summed E-state index contributed by atoms with van der Waals surface area (Å²) >= 11 is 0. The van der Waals surface area contributed by atoms with E-state index < -0.39 is 0 Å². The van der Waals surface area contributed by atoms with Crippen LogP contribution in [0.1, 0.15) is 37.9 Å². The van der Waals surface area contributed by atoms with Crippen molar-refractivity contribution in [1.29, 1.82) is 0 Å². The fourth-order valence-electron chi connectivity index (χ4n) is 3.80. The number of aromatic nitrogens is 3. The summed E-state index contributed by atoms with van der Waals surface area (Å²) in [7, 11) is 0. The second-order valence-electron chi connectivity index (χ2n) is 6.17. The van der Waals surface area contributed by atoms with Crippen molar-refractivity contribution in [2.45, 2.75) is 44.6 Å². The van der Waals surface area contributed by atoms with E-state index in [9.17, 15) is 4.79 Å². The number of rotatable bonds is 4. The Morgan fingerprint density at radius 1 is 1.38 bits per heavy atom. The highest BCUT2D eigenvalue weighted by atomic mass is 35.5. The molecule has 2 unspecified atom stereocenters. The molecule has 1 aromatic rings. The van der Waals surface area contributed by atoms with Crippen molar-refractivity contribution < 1.29 is 4.79 Å². The number of nitrogens with zero attached hydrogens (tertiary/aromatic N) is 2. The molecule has 2 saturated carbocycles. The molecule has 21 heavy (non-hydrogen) atoms. The number of hydrogen-bond donors (Lipinski definition) is 3. The Kier molecular flexibility index (Phi) is 5.58. The van der Waals surface area contributed by atoms with Crippen LogP contribution >= 0.6 is 12.4 Å². The summed E-state index contributed by atoms with van der Waals surface area (Å²) in [6.45, 7) is 0.617. The maximum absolute atomic E-state index is 12.3. The van der Waals surface area contributed by atoms with E-state index in [0.29, 0.717) is 30.8 Å². The van der Waals surface area contributed by atoms with E-state index in [-0.39, 0.29) is 24.2 Å². The van der Waals surface area contributed by atoms with E-state index in [2.05, 4.69) is 20.5 Å². The van der Waals surface area contributed by atoms with Crippen LogP contribution in [0.2, 0.25) is 0 Å². The van der Waals surface area contributed by atoms with E-state index in [1.807, 2.05) is 0 Å². The molecule has 0 radical (unpaired) electrons. The zero-order valence-corrected chi connectivity index (χ0v) is 12.9. The van der Waals surface area contributed by atoms with Crippen molar-refractivity contribution in [1.82, 2.24) is 20.5 Å². The standard InChI is InChI=1S/C14H23N5O.ClH/c15-13-9-2-1-3-10(13)7-11(6-9)14(20)16-5-4-12-17-8-18-19-12;/h8-11,13H,1-7,15H2,(H,16,20)(H,17,18,19);1H. The maximum atomic E-state index is 12.3. The van der Waals surface area contributed by atoms with Gasteiger partial charge < -0.3 is 11.1 Å². The van der Waals surface area contributed by atoms with Gasteiger partial charge in [0, 0.05) is 24.9 Å². The molecule has 0 aromatic carbocycles. The minimum atomic E-state index is 0. The van der Waals surface area contributed by atoms with Gasteiger partial charge in [0.15, 0.2) is 0 Å². The third kappa shape index (κ3) is 3.74. The van der Waals surface area contributed by atoms with Gasteiger partial charge in [-0.3, -0.25) is 9.89 Å². The fraction of sp³-hybridized carbons (Fsp3) is 0.786. The van der Waals surface area contributed by atoms with Crippen LogP contribution in [0.4, 0.5) is 0 Å². The van der Waals surface area contributed by atoms with Crippen LogP contribution in [0.3, 0.4) is 0 Å². The molecule has 2 atom stereocenters. The largest absolute Gasteiger partial charge is 0.355 e. The average Bonchev–Trinajstić information content (AvgIpc) is 2.91. The second-order valence-corrected chi connectivity index (χ2v) is 6.17. The summed E-state index contributed by atoms with van der Waals surface area (Å²) in [5.74, 6) is 2.25.